The molecule has 0 bridgehead atoms. The predicted molar refractivity (Wildman–Crippen MR) is 104 cm³/mol. The number of thiophene rings is 1. The number of carbonyl (C=O) groups is 1. The van der Waals surface area contributed by atoms with Gasteiger partial charge in [-0.2, -0.15) is 4.98 Å². The fourth-order valence-corrected chi connectivity index (χ4v) is 3.22. The van der Waals surface area contributed by atoms with Gasteiger partial charge >= 0.3 is 0 Å². The maximum absolute atomic E-state index is 11.1. The number of hydrogen-bond donors (Lipinski definition) is 1. The minimum absolute atomic E-state index is 0.110. The lowest BCUT2D eigenvalue weighted by molar-refractivity contribution is -0.114. The molecule has 0 aliphatic heterocycles. The molecule has 1 amide bonds. The van der Waals surface area contributed by atoms with Gasteiger partial charge in [0, 0.05) is 12.6 Å². The van der Waals surface area contributed by atoms with Gasteiger partial charge in [0.05, 0.1) is 15.8 Å². The molecule has 0 saturated heterocycles. The van der Waals surface area contributed by atoms with Gasteiger partial charge in [-0.1, -0.05) is 18.2 Å². The molecule has 2 heterocycles. The van der Waals surface area contributed by atoms with Crippen molar-refractivity contribution < 1.29 is 9.53 Å². The molecule has 4 rings (SSSR count). The Morgan fingerprint density at radius 3 is 2.54 bits per heavy atom. The van der Waals surface area contributed by atoms with Crippen LogP contribution < -0.4 is 10.1 Å². The van der Waals surface area contributed by atoms with Crippen LogP contribution in [0, 0.1) is 0 Å². The number of benzene rings is 2. The van der Waals surface area contributed by atoms with Gasteiger partial charge in [0.15, 0.2) is 5.82 Å². The SMILES string of the molecule is CC(=O)Nc1ccc(Oc2nc(-c3cccs3)nc3ccccc23)cc1. The second kappa shape index (κ2) is 6.93. The Labute approximate surface area is 154 Å². The summed E-state index contributed by atoms with van der Waals surface area (Å²) in [5.74, 6) is 1.68. The molecule has 2 aromatic heterocycles. The molecule has 6 heteroatoms. The molecule has 0 radical (unpaired) electrons. The van der Waals surface area contributed by atoms with Crippen LogP contribution in [0.25, 0.3) is 21.6 Å². The van der Waals surface area contributed by atoms with E-state index in [9.17, 15) is 4.79 Å². The van der Waals surface area contributed by atoms with Gasteiger partial charge in [0.2, 0.25) is 11.8 Å². The summed E-state index contributed by atoms with van der Waals surface area (Å²) in [6, 6.07) is 18.9. The zero-order valence-electron chi connectivity index (χ0n) is 14.0. The van der Waals surface area contributed by atoms with Gasteiger partial charge in [-0.15, -0.1) is 11.3 Å². The first-order valence-electron chi connectivity index (χ1n) is 8.05. The highest BCUT2D eigenvalue weighted by Gasteiger charge is 2.12. The number of amides is 1. The summed E-state index contributed by atoms with van der Waals surface area (Å²) in [6.07, 6.45) is 0. The van der Waals surface area contributed by atoms with Crippen LogP contribution in [0.15, 0.2) is 66.0 Å². The molecule has 2 aromatic carbocycles. The largest absolute Gasteiger partial charge is 0.438 e. The Hall–Kier alpha value is -3.25. The molecule has 0 saturated carbocycles. The minimum atomic E-state index is -0.110. The maximum Gasteiger partial charge on any atom is 0.230 e. The lowest BCUT2D eigenvalue weighted by atomic mass is 10.2. The van der Waals surface area contributed by atoms with E-state index in [2.05, 4.69) is 15.3 Å². The highest BCUT2D eigenvalue weighted by Crippen LogP contribution is 2.31. The average molecular weight is 361 g/mol. The Balaban J connectivity index is 1.72. The first kappa shape index (κ1) is 16.2. The van der Waals surface area contributed by atoms with Crippen molar-refractivity contribution in [2.45, 2.75) is 6.92 Å². The molecule has 1 N–H and O–H groups in total. The third kappa shape index (κ3) is 3.41. The summed E-state index contributed by atoms with van der Waals surface area (Å²) in [7, 11) is 0. The molecule has 26 heavy (non-hydrogen) atoms. The van der Waals surface area contributed by atoms with E-state index in [1.807, 2.05) is 41.8 Å². The predicted octanol–water partition coefficient (Wildman–Crippen LogP) is 5.11. The molecule has 0 aliphatic rings. The first-order chi connectivity index (χ1) is 12.7. The van der Waals surface area contributed by atoms with E-state index in [4.69, 9.17) is 4.74 Å². The van der Waals surface area contributed by atoms with Crippen LogP contribution in [0.5, 0.6) is 11.6 Å². The Kier molecular flexibility index (Phi) is 4.33. The summed E-state index contributed by atoms with van der Waals surface area (Å²) in [4.78, 5) is 21.4. The summed E-state index contributed by atoms with van der Waals surface area (Å²) in [5, 5.41) is 5.58. The van der Waals surface area contributed by atoms with Crippen LogP contribution >= 0.6 is 11.3 Å². The van der Waals surface area contributed by atoms with Crippen molar-refractivity contribution in [3.63, 3.8) is 0 Å². The van der Waals surface area contributed by atoms with E-state index in [0.717, 1.165) is 21.5 Å². The Morgan fingerprint density at radius 1 is 1.00 bits per heavy atom. The number of hydrogen-bond acceptors (Lipinski definition) is 5. The van der Waals surface area contributed by atoms with Crippen molar-refractivity contribution in [3.05, 3.63) is 66.0 Å². The topological polar surface area (TPSA) is 64.1 Å². The number of anilines is 1. The van der Waals surface area contributed by atoms with Crippen molar-refractivity contribution in [2.24, 2.45) is 0 Å². The van der Waals surface area contributed by atoms with Crippen molar-refractivity contribution in [1.29, 1.82) is 0 Å². The molecular formula is C20H15N3O2S. The molecule has 0 spiro atoms. The second-order valence-corrected chi connectivity index (χ2v) is 6.60. The van der Waals surface area contributed by atoms with Crippen molar-refractivity contribution in [1.82, 2.24) is 9.97 Å². The van der Waals surface area contributed by atoms with Crippen LogP contribution in [0.3, 0.4) is 0 Å². The number of para-hydroxylation sites is 1. The van der Waals surface area contributed by atoms with Crippen LogP contribution in [0.2, 0.25) is 0 Å². The molecule has 4 aromatic rings. The molecular weight excluding hydrogens is 346 g/mol. The van der Waals surface area contributed by atoms with Gasteiger partial charge in [-0.05, 0) is 47.8 Å². The first-order valence-corrected chi connectivity index (χ1v) is 8.93. The summed E-state index contributed by atoms with van der Waals surface area (Å²) in [6.45, 7) is 1.48. The van der Waals surface area contributed by atoms with Gasteiger partial charge < -0.3 is 10.1 Å². The number of nitrogens with zero attached hydrogens (tertiary/aromatic N) is 2. The number of carbonyl (C=O) groups excluding carboxylic acids is 1. The molecule has 5 nitrogen and oxygen atoms in total. The number of fused-ring (bicyclic) bond motifs is 1. The number of nitrogens with one attached hydrogen (secondary N) is 1. The van der Waals surface area contributed by atoms with Crippen LogP contribution in [-0.4, -0.2) is 15.9 Å². The molecule has 0 atom stereocenters. The van der Waals surface area contributed by atoms with Crippen LogP contribution in [-0.2, 0) is 4.79 Å². The van der Waals surface area contributed by atoms with Gasteiger partial charge in [0.25, 0.3) is 0 Å². The van der Waals surface area contributed by atoms with Crippen molar-refractivity contribution in [2.75, 3.05) is 5.32 Å². The quantitative estimate of drug-likeness (QED) is 0.549. The Bertz CT molecular complexity index is 1060. The smallest absolute Gasteiger partial charge is 0.230 e. The standard InChI is InChI=1S/C20H15N3O2S/c1-13(24)21-14-8-10-15(11-9-14)25-20-16-5-2-3-6-17(16)22-19(23-20)18-7-4-12-26-18/h2-12H,1H3,(H,21,24). The maximum atomic E-state index is 11.1. The highest BCUT2D eigenvalue weighted by molar-refractivity contribution is 7.13. The normalized spacial score (nSPS) is 10.7. The average Bonchev–Trinajstić information content (AvgIpc) is 3.17. The Morgan fingerprint density at radius 2 is 1.81 bits per heavy atom. The fraction of sp³-hybridized carbons (Fsp3) is 0.0500. The van der Waals surface area contributed by atoms with Gasteiger partial charge in [-0.25, -0.2) is 4.98 Å². The van der Waals surface area contributed by atoms with Crippen LogP contribution in [0.4, 0.5) is 5.69 Å². The zero-order valence-corrected chi connectivity index (χ0v) is 14.8. The molecule has 128 valence electrons. The van der Waals surface area contributed by atoms with E-state index >= 15 is 0 Å². The third-order valence-corrected chi connectivity index (χ3v) is 4.56. The molecule has 0 unspecified atom stereocenters. The lowest BCUT2D eigenvalue weighted by Crippen LogP contribution is -2.05. The van der Waals surface area contributed by atoms with E-state index in [0.29, 0.717) is 17.5 Å². The third-order valence-electron chi connectivity index (χ3n) is 3.70. The number of rotatable bonds is 4. The molecule has 0 fully saturated rings. The summed E-state index contributed by atoms with van der Waals surface area (Å²) >= 11 is 1.59. The van der Waals surface area contributed by atoms with Gasteiger partial charge in [0.1, 0.15) is 5.75 Å². The van der Waals surface area contributed by atoms with E-state index in [1.165, 1.54) is 6.92 Å². The van der Waals surface area contributed by atoms with E-state index in [-0.39, 0.29) is 5.91 Å². The van der Waals surface area contributed by atoms with Crippen molar-refractivity contribution >= 4 is 33.8 Å². The minimum Gasteiger partial charge on any atom is -0.438 e. The fourth-order valence-electron chi connectivity index (χ4n) is 2.56. The van der Waals surface area contributed by atoms with E-state index < -0.39 is 0 Å². The van der Waals surface area contributed by atoms with Crippen LogP contribution in [0.1, 0.15) is 6.92 Å². The molecule has 0 aliphatic carbocycles. The van der Waals surface area contributed by atoms with Crippen molar-refractivity contribution in [3.8, 4) is 22.3 Å². The highest BCUT2D eigenvalue weighted by atomic mass is 32.1. The lowest BCUT2D eigenvalue weighted by Gasteiger charge is -2.10. The zero-order chi connectivity index (χ0) is 17.9. The number of ether oxygens (including phenoxy) is 1. The van der Waals surface area contributed by atoms with Gasteiger partial charge in [-0.3, -0.25) is 4.79 Å². The van der Waals surface area contributed by atoms with E-state index in [1.54, 1.807) is 35.6 Å². The monoisotopic (exact) mass is 361 g/mol. The summed E-state index contributed by atoms with van der Waals surface area (Å²) < 4.78 is 6.03. The number of aromatic nitrogens is 2. The second-order valence-electron chi connectivity index (χ2n) is 5.65. The summed E-state index contributed by atoms with van der Waals surface area (Å²) in [5.41, 5.74) is 1.55.